The number of hydrogen-bond donors (Lipinski definition) is 1. The largest absolute Gasteiger partial charge is 0.495 e. The zero-order chi connectivity index (χ0) is 22.5. The first-order valence-electron chi connectivity index (χ1n) is 10.5. The average Bonchev–Trinajstić information content (AvgIpc) is 2.85. The van der Waals surface area contributed by atoms with Gasteiger partial charge in [0.25, 0.3) is 0 Å². The van der Waals surface area contributed by atoms with Crippen LogP contribution in [0.5, 0.6) is 11.5 Å². The number of aromatic nitrogens is 2. The molecule has 2 amide bonds. The summed E-state index contributed by atoms with van der Waals surface area (Å²) in [4.78, 5) is 19.0. The Morgan fingerprint density at radius 1 is 1.00 bits per heavy atom. The lowest BCUT2D eigenvalue weighted by molar-refractivity contribution is 0.122. The van der Waals surface area contributed by atoms with Crippen molar-refractivity contribution in [3.8, 4) is 11.5 Å². The number of urea groups is 1. The molecule has 0 atom stereocenters. The molecule has 32 heavy (non-hydrogen) atoms. The van der Waals surface area contributed by atoms with E-state index < -0.39 is 0 Å². The van der Waals surface area contributed by atoms with Crippen molar-refractivity contribution in [2.45, 2.75) is 0 Å². The monoisotopic (exact) mass is 462 g/mol. The summed E-state index contributed by atoms with van der Waals surface area (Å²) in [5.74, 6) is 1.82. The lowest BCUT2D eigenvalue weighted by atomic mass is 10.2. The highest BCUT2D eigenvalue weighted by Crippen LogP contribution is 2.36. The molecule has 3 heterocycles. The minimum Gasteiger partial charge on any atom is -0.495 e. The van der Waals surface area contributed by atoms with Crippen molar-refractivity contribution in [3.05, 3.63) is 29.4 Å². The first-order chi connectivity index (χ1) is 15.6. The number of piperazine rings is 1. The molecule has 2 aliphatic rings. The van der Waals surface area contributed by atoms with E-state index in [0.717, 1.165) is 24.6 Å². The lowest BCUT2D eigenvalue weighted by Crippen LogP contribution is -2.50. The van der Waals surface area contributed by atoms with Gasteiger partial charge in [0.1, 0.15) is 11.5 Å². The van der Waals surface area contributed by atoms with E-state index in [2.05, 4.69) is 31.4 Å². The number of halogens is 1. The van der Waals surface area contributed by atoms with Gasteiger partial charge in [-0.05, 0) is 6.07 Å². The molecule has 172 valence electrons. The smallest absolute Gasteiger partial charge is 0.322 e. The fourth-order valence-corrected chi connectivity index (χ4v) is 4.03. The number of benzene rings is 1. The van der Waals surface area contributed by atoms with Crippen LogP contribution in [0.2, 0.25) is 5.02 Å². The molecule has 0 unspecified atom stereocenters. The molecule has 1 aromatic carbocycles. The van der Waals surface area contributed by atoms with Crippen LogP contribution >= 0.6 is 11.6 Å². The Bertz CT molecular complexity index is 948. The van der Waals surface area contributed by atoms with Crippen molar-refractivity contribution < 1.29 is 19.0 Å². The summed E-state index contributed by atoms with van der Waals surface area (Å²) in [6.07, 6.45) is 1.77. The van der Waals surface area contributed by atoms with Gasteiger partial charge in [-0.25, -0.2) is 4.79 Å². The number of anilines is 3. The van der Waals surface area contributed by atoms with Crippen molar-refractivity contribution in [3.63, 3.8) is 0 Å². The fourth-order valence-electron chi connectivity index (χ4n) is 3.79. The summed E-state index contributed by atoms with van der Waals surface area (Å²) in [7, 11) is 3.06. The van der Waals surface area contributed by atoms with E-state index in [4.69, 9.17) is 25.8 Å². The van der Waals surface area contributed by atoms with Crippen molar-refractivity contribution in [1.82, 2.24) is 15.1 Å². The second-order valence-corrected chi connectivity index (χ2v) is 7.87. The molecule has 10 nitrogen and oxygen atoms in total. The molecule has 2 aliphatic heterocycles. The van der Waals surface area contributed by atoms with Gasteiger partial charge in [-0.3, -0.25) is 0 Å². The van der Waals surface area contributed by atoms with Crippen LogP contribution in [0.1, 0.15) is 0 Å². The first-order valence-corrected chi connectivity index (χ1v) is 10.8. The number of amides is 2. The summed E-state index contributed by atoms with van der Waals surface area (Å²) in [6.45, 7) is 5.56. The van der Waals surface area contributed by atoms with E-state index in [9.17, 15) is 4.79 Å². The number of nitrogens with one attached hydrogen (secondary N) is 1. The Labute approximate surface area is 192 Å². The maximum Gasteiger partial charge on any atom is 0.322 e. The average molecular weight is 463 g/mol. The maximum atomic E-state index is 12.8. The Morgan fingerprint density at radius 2 is 1.72 bits per heavy atom. The van der Waals surface area contributed by atoms with Crippen molar-refractivity contribution in [1.29, 1.82) is 0 Å². The number of methoxy groups -OCH3 is 2. The standard InChI is InChI=1S/C21H27ClN6O4/c1-30-18-13-19(31-2)17(12-16(18)22)24-21(29)28-5-3-26(4-6-28)15-11-20(25-23-14-15)27-7-9-32-10-8-27/h11-14H,3-10H2,1-2H3,(H,24,29). The molecule has 0 spiro atoms. The molecular weight excluding hydrogens is 436 g/mol. The van der Waals surface area contributed by atoms with Gasteiger partial charge in [-0.15, -0.1) is 5.10 Å². The summed E-state index contributed by atoms with van der Waals surface area (Å²) in [6, 6.07) is 5.13. The van der Waals surface area contributed by atoms with Crippen molar-refractivity contribution in [2.24, 2.45) is 0 Å². The molecule has 11 heteroatoms. The number of carbonyl (C=O) groups is 1. The summed E-state index contributed by atoms with van der Waals surface area (Å²) in [5.41, 5.74) is 1.50. The van der Waals surface area contributed by atoms with Gasteiger partial charge in [0.2, 0.25) is 0 Å². The summed E-state index contributed by atoms with van der Waals surface area (Å²) < 4.78 is 16.0. The quantitative estimate of drug-likeness (QED) is 0.723. The van der Waals surface area contributed by atoms with E-state index >= 15 is 0 Å². The third kappa shape index (κ3) is 4.91. The molecule has 4 rings (SSSR count). The van der Waals surface area contributed by atoms with Gasteiger partial charge in [0.15, 0.2) is 5.82 Å². The zero-order valence-corrected chi connectivity index (χ0v) is 19.0. The number of morpholine rings is 1. The number of ether oxygens (including phenoxy) is 3. The van der Waals surface area contributed by atoms with Gasteiger partial charge >= 0.3 is 6.03 Å². The second-order valence-electron chi connectivity index (χ2n) is 7.46. The Hall–Kier alpha value is -2.98. The van der Waals surface area contributed by atoms with Crippen LogP contribution in [0.25, 0.3) is 0 Å². The molecule has 0 saturated carbocycles. The third-order valence-electron chi connectivity index (χ3n) is 5.61. The number of nitrogens with zero attached hydrogens (tertiary/aromatic N) is 5. The van der Waals surface area contributed by atoms with Crippen LogP contribution < -0.4 is 24.6 Å². The van der Waals surface area contributed by atoms with Crippen LogP contribution in [0.15, 0.2) is 24.4 Å². The lowest BCUT2D eigenvalue weighted by Gasteiger charge is -2.36. The van der Waals surface area contributed by atoms with Gasteiger partial charge in [-0.1, -0.05) is 11.6 Å². The van der Waals surface area contributed by atoms with E-state index in [0.29, 0.717) is 61.6 Å². The maximum absolute atomic E-state index is 12.8. The molecule has 2 saturated heterocycles. The first kappa shape index (κ1) is 22.2. The molecular formula is C21H27ClN6O4. The third-order valence-corrected chi connectivity index (χ3v) is 5.91. The van der Waals surface area contributed by atoms with Crippen LogP contribution in [0, 0.1) is 0 Å². The van der Waals surface area contributed by atoms with Crippen molar-refractivity contribution in [2.75, 3.05) is 81.8 Å². The Morgan fingerprint density at radius 3 is 2.41 bits per heavy atom. The number of carbonyl (C=O) groups excluding carboxylic acids is 1. The minimum atomic E-state index is -0.203. The second kappa shape index (κ2) is 10.1. The van der Waals surface area contributed by atoms with Gasteiger partial charge < -0.3 is 34.2 Å². The highest BCUT2D eigenvalue weighted by molar-refractivity contribution is 6.32. The van der Waals surface area contributed by atoms with Gasteiger partial charge in [0, 0.05) is 51.4 Å². The van der Waals surface area contributed by atoms with Crippen molar-refractivity contribution >= 4 is 34.8 Å². The number of hydrogen-bond acceptors (Lipinski definition) is 8. The predicted octanol–water partition coefficient (Wildman–Crippen LogP) is 2.34. The highest BCUT2D eigenvalue weighted by atomic mass is 35.5. The molecule has 0 radical (unpaired) electrons. The topological polar surface area (TPSA) is 92.3 Å². The van der Waals surface area contributed by atoms with Crippen LogP contribution in [0.4, 0.5) is 22.0 Å². The zero-order valence-electron chi connectivity index (χ0n) is 18.2. The normalized spacial score (nSPS) is 16.7. The van der Waals surface area contributed by atoms with Crippen LogP contribution in [-0.2, 0) is 4.74 Å². The highest BCUT2D eigenvalue weighted by Gasteiger charge is 2.24. The molecule has 2 aromatic rings. The van der Waals surface area contributed by atoms with Gasteiger partial charge in [0.05, 0.1) is 50.0 Å². The molecule has 2 fully saturated rings. The van der Waals surface area contributed by atoms with E-state index in [1.165, 1.54) is 14.2 Å². The predicted molar refractivity (Wildman–Crippen MR) is 122 cm³/mol. The minimum absolute atomic E-state index is 0.203. The fraction of sp³-hybridized carbons (Fsp3) is 0.476. The SMILES string of the molecule is COc1cc(OC)c(NC(=O)N2CCN(c3cnnc(N4CCOCC4)c3)CC2)cc1Cl. The van der Waals surface area contributed by atoms with Crippen LogP contribution in [-0.4, -0.2) is 87.8 Å². The number of rotatable bonds is 5. The Kier molecular flexibility index (Phi) is 7.01. The summed E-state index contributed by atoms with van der Waals surface area (Å²) in [5, 5.41) is 11.7. The van der Waals surface area contributed by atoms with Gasteiger partial charge in [-0.2, -0.15) is 5.10 Å². The van der Waals surface area contributed by atoms with Crippen LogP contribution in [0.3, 0.4) is 0 Å². The summed E-state index contributed by atoms with van der Waals surface area (Å²) >= 11 is 6.21. The molecule has 1 N–H and O–H groups in total. The van der Waals surface area contributed by atoms with E-state index in [1.54, 1.807) is 23.2 Å². The molecule has 1 aromatic heterocycles. The van der Waals surface area contributed by atoms with E-state index in [1.807, 2.05) is 0 Å². The molecule has 0 bridgehead atoms. The molecule has 0 aliphatic carbocycles. The van der Waals surface area contributed by atoms with E-state index in [-0.39, 0.29) is 6.03 Å². The Balaban J connectivity index is 1.37.